The van der Waals surface area contributed by atoms with E-state index in [1.54, 1.807) is 4.31 Å². The van der Waals surface area contributed by atoms with Crippen LogP contribution in [0.2, 0.25) is 0 Å². The molecule has 2 aliphatic rings. The van der Waals surface area contributed by atoms with Crippen LogP contribution >= 0.6 is 12.4 Å². The second-order valence-corrected chi connectivity index (χ2v) is 8.53. The fourth-order valence-corrected chi connectivity index (χ4v) is 4.59. The molecule has 0 aromatic carbocycles. The Morgan fingerprint density at radius 2 is 1.90 bits per heavy atom. The Hall–Kier alpha value is 0.120. The van der Waals surface area contributed by atoms with Gasteiger partial charge in [-0.1, -0.05) is 6.42 Å². The zero-order valence-corrected chi connectivity index (χ0v) is 14.8. The third-order valence-corrected chi connectivity index (χ3v) is 5.98. The van der Waals surface area contributed by atoms with Crippen molar-refractivity contribution in [1.29, 1.82) is 0 Å². The first kappa shape index (κ1) is 19.2. The lowest BCUT2D eigenvalue weighted by Gasteiger charge is -2.41. The summed E-state index contributed by atoms with van der Waals surface area (Å²) in [6.45, 7) is 5.57. The molecule has 0 aromatic heterocycles. The number of nitrogens with zero attached hydrogens (tertiary/aromatic N) is 2. The highest BCUT2D eigenvalue weighted by Crippen LogP contribution is 2.24. The van der Waals surface area contributed by atoms with Crippen LogP contribution < -0.4 is 5.73 Å². The molecule has 2 heterocycles. The Morgan fingerprint density at radius 3 is 2.52 bits per heavy atom. The van der Waals surface area contributed by atoms with Crippen LogP contribution in [-0.2, 0) is 10.0 Å². The van der Waals surface area contributed by atoms with E-state index in [0.29, 0.717) is 25.0 Å². The van der Waals surface area contributed by atoms with Crippen molar-refractivity contribution in [3.63, 3.8) is 0 Å². The van der Waals surface area contributed by atoms with Gasteiger partial charge in [0, 0.05) is 31.7 Å². The molecule has 5 nitrogen and oxygen atoms in total. The van der Waals surface area contributed by atoms with E-state index in [4.69, 9.17) is 5.73 Å². The molecule has 0 aromatic rings. The second-order valence-electron chi connectivity index (χ2n) is 6.55. The lowest BCUT2D eigenvalue weighted by Crippen LogP contribution is -2.52. The minimum Gasteiger partial charge on any atom is -0.327 e. The summed E-state index contributed by atoms with van der Waals surface area (Å²) in [6, 6.07) is 0.669. The van der Waals surface area contributed by atoms with Crippen molar-refractivity contribution in [3.8, 4) is 0 Å². The summed E-state index contributed by atoms with van der Waals surface area (Å²) >= 11 is 0. The van der Waals surface area contributed by atoms with Gasteiger partial charge in [-0.25, -0.2) is 12.7 Å². The van der Waals surface area contributed by atoms with Crippen LogP contribution in [0.15, 0.2) is 0 Å². The quantitative estimate of drug-likeness (QED) is 0.838. The fourth-order valence-electron chi connectivity index (χ4n) is 3.65. The largest absolute Gasteiger partial charge is 0.327 e. The SMILES string of the molecule is CC(N)C1CCCCN1CC1CCCN(S(C)(=O)=O)C1.Cl. The summed E-state index contributed by atoms with van der Waals surface area (Å²) in [6.07, 6.45) is 7.12. The van der Waals surface area contributed by atoms with Gasteiger partial charge in [-0.2, -0.15) is 0 Å². The predicted octanol–water partition coefficient (Wildman–Crippen LogP) is 1.28. The molecule has 0 aliphatic carbocycles. The molecule has 21 heavy (non-hydrogen) atoms. The Labute approximate surface area is 135 Å². The summed E-state index contributed by atoms with van der Waals surface area (Å²) in [7, 11) is -3.04. The number of sulfonamides is 1. The van der Waals surface area contributed by atoms with E-state index < -0.39 is 10.0 Å². The van der Waals surface area contributed by atoms with E-state index >= 15 is 0 Å². The maximum Gasteiger partial charge on any atom is 0.211 e. The lowest BCUT2D eigenvalue weighted by atomic mass is 9.93. The van der Waals surface area contributed by atoms with Crippen LogP contribution in [-0.4, -0.2) is 62.1 Å². The van der Waals surface area contributed by atoms with Crippen molar-refractivity contribution in [2.45, 2.75) is 51.1 Å². The van der Waals surface area contributed by atoms with E-state index in [1.165, 1.54) is 25.5 Å². The number of nitrogens with two attached hydrogens (primary N) is 1. The first-order chi connectivity index (χ1) is 9.38. The van der Waals surface area contributed by atoms with Gasteiger partial charge < -0.3 is 5.73 Å². The lowest BCUT2D eigenvalue weighted by molar-refractivity contribution is 0.0939. The molecular formula is C14H30ClN3O2S. The molecule has 126 valence electrons. The van der Waals surface area contributed by atoms with Gasteiger partial charge >= 0.3 is 0 Å². The number of likely N-dealkylation sites (tertiary alicyclic amines) is 1. The standard InChI is InChI=1S/C14H29N3O2S.ClH/c1-12(15)14-7-3-4-8-16(14)10-13-6-5-9-17(11-13)20(2,18)19;/h12-14H,3-11,15H2,1-2H3;1H. The maximum atomic E-state index is 11.7. The summed E-state index contributed by atoms with van der Waals surface area (Å²) in [5.74, 6) is 0.456. The number of rotatable bonds is 4. The van der Waals surface area contributed by atoms with Crippen molar-refractivity contribution in [2.75, 3.05) is 32.4 Å². The van der Waals surface area contributed by atoms with Crippen molar-refractivity contribution < 1.29 is 8.42 Å². The minimum atomic E-state index is -3.04. The van der Waals surface area contributed by atoms with Crippen molar-refractivity contribution >= 4 is 22.4 Å². The van der Waals surface area contributed by atoms with Gasteiger partial charge in [-0.15, -0.1) is 12.4 Å². The van der Waals surface area contributed by atoms with Gasteiger partial charge in [-0.05, 0) is 45.1 Å². The first-order valence-corrected chi connectivity index (χ1v) is 9.67. The highest BCUT2D eigenvalue weighted by Gasteiger charge is 2.31. The van der Waals surface area contributed by atoms with Gasteiger partial charge in [0.1, 0.15) is 0 Å². The summed E-state index contributed by atoms with van der Waals surface area (Å²) < 4.78 is 25.0. The van der Waals surface area contributed by atoms with Crippen LogP contribution in [0.3, 0.4) is 0 Å². The van der Waals surface area contributed by atoms with Crippen LogP contribution in [0.25, 0.3) is 0 Å². The van der Waals surface area contributed by atoms with Gasteiger partial charge in [-0.3, -0.25) is 4.90 Å². The molecular weight excluding hydrogens is 310 g/mol. The molecule has 2 N–H and O–H groups in total. The Morgan fingerprint density at radius 1 is 1.19 bits per heavy atom. The monoisotopic (exact) mass is 339 g/mol. The normalized spacial score (nSPS) is 30.6. The van der Waals surface area contributed by atoms with Gasteiger partial charge in [0.15, 0.2) is 0 Å². The molecule has 0 spiro atoms. The van der Waals surface area contributed by atoms with E-state index in [2.05, 4.69) is 11.8 Å². The molecule has 2 aliphatic heterocycles. The fraction of sp³-hybridized carbons (Fsp3) is 1.00. The zero-order valence-electron chi connectivity index (χ0n) is 13.2. The van der Waals surface area contributed by atoms with E-state index in [0.717, 1.165) is 25.9 Å². The van der Waals surface area contributed by atoms with Crippen LogP contribution in [0, 0.1) is 5.92 Å². The molecule has 0 radical (unpaired) electrons. The summed E-state index contributed by atoms with van der Waals surface area (Å²) in [4.78, 5) is 2.50. The Bertz CT molecular complexity index is 416. The van der Waals surface area contributed by atoms with E-state index in [-0.39, 0.29) is 18.4 Å². The number of hydrogen-bond acceptors (Lipinski definition) is 4. The smallest absolute Gasteiger partial charge is 0.211 e. The van der Waals surface area contributed by atoms with Gasteiger partial charge in [0.05, 0.1) is 6.26 Å². The molecule has 2 rings (SSSR count). The molecule has 2 fully saturated rings. The minimum absolute atomic E-state index is 0. The van der Waals surface area contributed by atoms with Crippen LogP contribution in [0.1, 0.15) is 39.0 Å². The van der Waals surface area contributed by atoms with Crippen molar-refractivity contribution in [1.82, 2.24) is 9.21 Å². The van der Waals surface area contributed by atoms with Gasteiger partial charge in [0.2, 0.25) is 10.0 Å². The third-order valence-electron chi connectivity index (χ3n) is 4.71. The topological polar surface area (TPSA) is 66.6 Å². The summed E-state index contributed by atoms with van der Waals surface area (Å²) in [5, 5.41) is 0. The highest BCUT2D eigenvalue weighted by molar-refractivity contribution is 7.88. The third kappa shape index (κ3) is 5.36. The highest BCUT2D eigenvalue weighted by atomic mass is 35.5. The first-order valence-electron chi connectivity index (χ1n) is 7.82. The average Bonchev–Trinajstić information content (AvgIpc) is 2.38. The molecule has 7 heteroatoms. The molecule has 0 saturated carbocycles. The molecule has 2 saturated heterocycles. The van der Waals surface area contributed by atoms with Crippen molar-refractivity contribution in [2.24, 2.45) is 11.7 Å². The number of piperidine rings is 2. The van der Waals surface area contributed by atoms with Crippen LogP contribution in [0.5, 0.6) is 0 Å². The van der Waals surface area contributed by atoms with E-state index in [9.17, 15) is 8.42 Å². The zero-order chi connectivity index (χ0) is 14.8. The van der Waals surface area contributed by atoms with E-state index in [1.807, 2.05) is 0 Å². The maximum absolute atomic E-state index is 11.7. The summed E-state index contributed by atoms with van der Waals surface area (Å²) in [5.41, 5.74) is 6.11. The Balaban J connectivity index is 0.00000220. The Kier molecular flexibility index (Phi) is 7.40. The molecule has 0 amide bonds. The predicted molar refractivity (Wildman–Crippen MR) is 89.3 cm³/mol. The van der Waals surface area contributed by atoms with Crippen LogP contribution in [0.4, 0.5) is 0 Å². The molecule has 3 atom stereocenters. The molecule has 3 unspecified atom stereocenters. The second kappa shape index (κ2) is 8.11. The van der Waals surface area contributed by atoms with Crippen molar-refractivity contribution in [3.05, 3.63) is 0 Å². The number of halogens is 1. The van der Waals surface area contributed by atoms with Gasteiger partial charge in [0.25, 0.3) is 0 Å². The molecule has 0 bridgehead atoms. The average molecular weight is 340 g/mol. The number of hydrogen-bond donors (Lipinski definition) is 1.